The first-order chi connectivity index (χ1) is 4.52. The number of halogens is 3. The Bertz CT molecular complexity index is 153. The SMILES string of the molecule is C=CCS1(C(F)(F)F)NO1. The van der Waals surface area contributed by atoms with Crippen LogP contribution in [0.5, 0.6) is 0 Å². The Morgan fingerprint density at radius 1 is 1.60 bits per heavy atom. The molecule has 1 rings (SSSR count). The summed E-state index contributed by atoms with van der Waals surface area (Å²) in [5.74, 6) is -0.170. The number of hydrogen-bond donors (Lipinski definition) is 1. The van der Waals surface area contributed by atoms with E-state index in [0.717, 1.165) is 0 Å². The van der Waals surface area contributed by atoms with Crippen molar-refractivity contribution in [1.29, 1.82) is 0 Å². The van der Waals surface area contributed by atoms with Crippen LogP contribution < -0.4 is 4.89 Å². The molecule has 0 aliphatic carbocycles. The first-order valence-corrected chi connectivity index (χ1v) is 4.18. The van der Waals surface area contributed by atoms with Crippen LogP contribution in [-0.2, 0) is 4.28 Å². The van der Waals surface area contributed by atoms with Crippen molar-refractivity contribution in [3.8, 4) is 0 Å². The van der Waals surface area contributed by atoms with Crippen LogP contribution in [0.2, 0.25) is 0 Å². The Morgan fingerprint density at radius 2 is 2.10 bits per heavy atom. The molecule has 1 aliphatic heterocycles. The fourth-order valence-corrected chi connectivity index (χ4v) is 1.64. The van der Waals surface area contributed by atoms with Gasteiger partial charge >= 0.3 is 5.51 Å². The minimum Gasteiger partial charge on any atom is -0.218 e. The second-order valence-corrected chi connectivity index (χ2v) is 4.22. The molecule has 1 saturated heterocycles. The Kier molecular flexibility index (Phi) is 1.69. The monoisotopic (exact) mass is 173 g/mol. The smallest absolute Gasteiger partial charge is 0.218 e. The predicted molar refractivity (Wildman–Crippen MR) is 32.9 cm³/mol. The van der Waals surface area contributed by atoms with Crippen molar-refractivity contribution in [3.05, 3.63) is 12.7 Å². The minimum absolute atomic E-state index is 0.170. The summed E-state index contributed by atoms with van der Waals surface area (Å²) >= 11 is 0. The Balaban J connectivity index is 2.60. The zero-order chi connectivity index (χ0) is 7.83. The highest BCUT2D eigenvalue weighted by Crippen LogP contribution is 2.68. The predicted octanol–water partition coefficient (Wildman–Crippen LogP) is 1.86. The van der Waals surface area contributed by atoms with Gasteiger partial charge < -0.3 is 0 Å². The van der Waals surface area contributed by atoms with Crippen molar-refractivity contribution in [2.45, 2.75) is 5.51 Å². The van der Waals surface area contributed by atoms with Crippen LogP contribution >= 0.6 is 10.5 Å². The van der Waals surface area contributed by atoms with Crippen LogP contribution in [0.3, 0.4) is 0 Å². The van der Waals surface area contributed by atoms with Gasteiger partial charge in [-0.05, 0) is 0 Å². The average molecular weight is 173 g/mol. The normalized spacial score (nSPS) is 38.3. The maximum absolute atomic E-state index is 11.9. The molecule has 0 bridgehead atoms. The maximum atomic E-state index is 11.9. The third-order valence-electron chi connectivity index (χ3n) is 1.01. The van der Waals surface area contributed by atoms with Gasteiger partial charge in [-0.15, -0.1) is 11.5 Å². The van der Waals surface area contributed by atoms with Crippen LogP contribution in [0.15, 0.2) is 12.7 Å². The Hall–Kier alpha value is -0.200. The van der Waals surface area contributed by atoms with Gasteiger partial charge in [0.2, 0.25) is 0 Å². The molecule has 0 aromatic carbocycles. The van der Waals surface area contributed by atoms with Crippen molar-refractivity contribution in [1.82, 2.24) is 4.89 Å². The fraction of sp³-hybridized carbons (Fsp3) is 0.500. The van der Waals surface area contributed by atoms with E-state index in [1.807, 2.05) is 4.89 Å². The molecule has 1 N–H and O–H groups in total. The second-order valence-electron chi connectivity index (χ2n) is 1.74. The highest BCUT2D eigenvalue weighted by atomic mass is 32.3. The lowest BCUT2D eigenvalue weighted by atomic mass is 10.8. The molecule has 0 radical (unpaired) electrons. The lowest BCUT2D eigenvalue weighted by molar-refractivity contribution is -0.0386. The summed E-state index contributed by atoms with van der Waals surface area (Å²) in [6.07, 6.45) is 1.20. The van der Waals surface area contributed by atoms with Crippen molar-refractivity contribution >= 4 is 10.5 Å². The fourth-order valence-electron chi connectivity index (χ4n) is 0.464. The summed E-state index contributed by atoms with van der Waals surface area (Å²) in [5, 5.41) is 0. The number of hydrogen-bond acceptors (Lipinski definition) is 2. The van der Waals surface area contributed by atoms with E-state index in [4.69, 9.17) is 0 Å². The molecule has 0 spiro atoms. The molecule has 60 valence electrons. The molecule has 2 nitrogen and oxygen atoms in total. The summed E-state index contributed by atoms with van der Waals surface area (Å²) in [6, 6.07) is 0. The largest absolute Gasteiger partial charge is 0.463 e. The lowest BCUT2D eigenvalue weighted by Gasteiger charge is -2.14. The van der Waals surface area contributed by atoms with E-state index in [-0.39, 0.29) is 5.75 Å². The van der Waals surface area contributed by atoms with E-state index in [2.05, 4.69) is 10.9 Å². The number of nitrogens with one attached hydrogen (secondary N) is 1. The molecular weight excluding hydrogens is 167 g/mol. The molecule has 10 heavy (non-hydrogen) atoms. The van der Waals surface area contributed by atoms with Crippen molar-refractivity contribution in [2.24, 2.45) is 0 Å². The van der Waals surface area contributed by atoms with Crippen LogP contribution in [0.25, 0.3) is 0 Å². The van der Waals surface area contributed by atoms with E-state index in [1.54, 1.807) is 0 Å². The van der Waals surface area contributed by atoms with Gasteiger partial charge in [-0.1, -0.05) is 6.08 Å². The van der Waals surface area contributed by atoms with E-state index in [1.165, 1.54) is 6.08 Å². The van der Waals surface area contributed by atoms with Gasteiger partial charge in [0.05, 0.1) is 10.5 Å². The van der Waals surface area contributed by atoms with Crippen LogP contribution in [0.4, 0.5) is 13.2 Å². The van der Waals surface area contributed by atoms with Crippen LogP contribution in [0, 0.1) is 0 Å². The molecule has 6 heteroatoms. The summed E-state index contributed by atoms with van der Waals surface area (Å²) < 4.78 is 39.8. The van der Waals surface area contributed by atoms with E-state index in [9.17, 15) is 13.2 Å². The van der Waals surface area contributed by atoms with Crippen LogP contribution in [-0.4, -0.2) is 11.3 Å². The van der Waals surface area contributed by atoms with Gasteiger partial charge in [-0.2, -0.15) is 13.2 Å². The molecule has 0 saturated carbocycles. The summed E-state index contributed by atoms with van der Waals surface area (Å²) in [5.41, 5.74) is -4.26. The quantitative estimate of drug-likeness (QED) is 0.511. The molecule has 1 unspecified atom stereocenters. The van der Waals surface area contributed by atoms with Gasteiger partial charge in [0.25, 0.3) is 0 Å². The first kappa shape index (κ1) is 7.90. The zero-order valence-electron chi connectivity index (χ0n) is 4.94. The van der Waals surface area contributed by atoms with E-state index in [0.29, 0.717) is 0 Å². The third-order valence-corrected chi connectivity index (χ3v) is 3.03. The van der Waals surface area contributed by atoms with E-state index < -0.39 is 16.0 Å². The van der Waals surface area contributed by atoms with E-state index >= 15 is 0 Å². The van der Waals surface area contributed by atoms with Crippen LogP contribution in [0.1, 0.15) is 0 Å². The summed E-state index contributed by atoms with van der Waals surface area (Å²) in [4.78, 5) is 1.88. The Morgan fingerprint density at radius 3 is 2.20 bits per heavy atom. The van der Waals surface area contributed by atoms with Crippen molar-refractivity contribution in [2.75, 3.05) is 5.75 Å². The standard InChI is InChI=1S/C4H6F3NOS/c1-2-3-10(8-9-10)4(5,6)7/h2,8H,1,3H2. The topological polar surface area (TPSA) is 34.5 Å². The average Bonchev–Trinajstić information content (AvgIpc) is 2.45. The van der Waals surface area contributed by atoms with Gasteiger partial charge in [0.1, 0.15) is 0 Å². The lowest BCUT2D eigenvalue weighted by Crippen LogP contribution is -2.13. The molecule has 0 amide bonds. The van der Waals surface area contributed by atoms with Crippen molar-refractivity contribution in [3.63, 3.8) is 0 Å². The zero-order valence-corrected chi connectivity index (χ0v) is 5.76. The first-order valence-electron chi connectivity index (χ1n) is 2.45. The highest BCUT2D eigenvalue weighted by molar-refractivity contribution is 8.32. The highest BCUT2D eigenvalue weighted by Gasteiger charge is 2.61. The third kappa shape index (κ3) is 1.14. The Labute approximate surface area is 57.7 Å². The summed E-state index contributed by atoms with van der Waals surface area (Å²) in [6.45, 7) is 3.20. The molecule has 1 aliphatic rings. The summed E-state index contributed by atoms with van der Waals surface area (Å²) in [7, 11) is -2.97. The second kappa shape index (κ2) is 2.14. The number of rotatable bonds is 2. The van der Waals surface area contributed by atoms with Crippen molar-refractivity contribution < 1.29 is 17.5 Å². The molecule has 1 atom stereocenters. The molecular formula is C4H6F3NOS. The van der Waals surface area contributed by atoms with Gasteiger partial charge in [-0.25, -0.2) is 4.28 Å². The molecule has 0 aromatic rings. The number of alkyl halides is 3. The minimum atomic E-state index is -4.26. The molecule has 0 aromatic heterocycles. The van der Waals surface area contributed by atoms with Gasteiger partial charge in [0.15, 0.2) is 0 Å². The maximum Gasteiger partial charge on any atom is 0.463 e. The molecule has 1 heterocycles. The van der Waals surface area contributed by atoms with Gasteiger partial charge in [0, 0.05) is 5.75 Å². The molecule has 1 fully saturated rings. The van der Waals surface area contributed by atoms with Gasteiger partial charge in [-0.3, -0.25) is 0 Å².